The minimum atomic E-state index is -3.92. The molecule has 0 spiro atoms. The average Bonchev–Trinajstić information content (AvgIpc) is 2.45. The van der Waals surface area contributed by atoms with Gasteiger partial charge in [0.1, 0.15) is 0 Å². The molecule has 0 aliphatic heterocycles. The molecule has 1 rings (SSSR count). The van der Waals surface area contributed by atoms with Crippen molar-refractivity contribution in [2.45, 2.75) is 44.0 Å². The van der Waals surface area contributed by atoms with Crippen LogP contribution in [0.5, 0.6) is 0 Å². The molecular weight excluding hydrogens is 365 g/mol. The fraction of sp³-hybridized carbons (Fsp3) is 0.538. The van der Waals surface area contributed by atoms with Crippen LogP contribution in [0.3, 0.4) is 0 Å². The molecule has 0 aliphatic rings. The minimum absolute atomic E-state index is 0. The zero-order chi connectivity index (χ0) is 16.9. The quantitative estimate of drug-likeness (QED) is 0.527. The lowest BCUT2D eigenvalue weighted by molar-refractivity contribution is -0.385. The molecule has 0 amide bonds. The van der Waals surface area contributed by atoms with E-state index in [0.717, 1.165) is 18.9 Å². The Bertz CT molecular complexity index is 653. The number of rotatable bonds is 8. The lowest BCUT2D eigenvalue weighted by Gasteiger charge is -2.17. The summed E-state index contributed by atoms with van der Waals surface area (Å²) >= 11 is 5.90. The highest BCUT2D eigenvalue weighted by atomic mass is 35.5. The van der Waals surface area contributed by atoms with Gasteiger partial charge >= 0.3 is 0 Å². The summed E-state index contributed by atoms with van der Waals surface area (Å²) in [5.74, 6) is 0. The van der Waals surface area contributed by atoms with Gasteiger partial charge < -0.3 is 5.73 Å². The van der Waals surface area contributed by atoms with Crippen LogP contribution in [0, 0.1) is 17.0 Å². The Morgan fingerprint density at radius 2 is 2.04 bits per heavy atom. The maximum absolute atomic E-state index is 12.4. The van der Waals surface area contributed by atoms with Crippen molar-refractivity contribution < 1.29 is 13.3 Å². The van der Waals surface area contributed by atoms with E-state index in [0.29, 0.717) is 6.42 Å². The molecule has 0 saturated heterocycles. The Morgan fingerprint density at radius 1 is 1.43 bits per heavy atom. The minimum Gasteiger partial charge on any atom is -0.329 e. The number of nitro groups is 1. The van der Waals surface area contributed by atoms with Crippen LogP contribution in [0.15, 0.2) is 17.0 Å². The van der Waals surface area contributed by atoms with Gasteiger partial charge in [-0.05, 0) is 19.4 Å². The van der Waals surface area contributed by atoms with E-state index in [9.17, 15) is 18.5 Å². The van der Waals surface area contributed by atoms with E-state index in [1.165, 1.54) is 13.0 Å². The van der Waals surface area contributed by atoms with Gasteiger partial charge in [0.2, 0.25) is 10.0 Å². The van der Waals surface area contributed by atoms with Crippen molar-refractivity contribution in [3.05, 3.63) is 32.8 Å². The van der Waals surface area contributed by atoms with Crippen molar-refractivity contribution in [2.24, 2.45) is 5.73 Å². The number of nitro benzene ring substituents is 1. The summed E-state index contributed by atoms with van der Waals surface area (Å²) in [4.78, 5) is 10.1. The molecule has 3 N–H and O–H groups in total. The largest absolute Gasteiger partial charge is 0.329 e. The van der Waals surface area contributed by atoms with Gasteiger partial charge in [-0.15, -0.1) is 12.4 Å². The number of halogens is 2. The Labute approximate surface area is 147 Å². The zero-order valence-electron chi connectivity index (χ0n) is 12.9. The SMILES string of the molecule is CCCCC(CN)NS(=O)(=O)c1cc(Cl)c(C)c([N+](=O)[O-])c1.Cl. The van der Waals surface area contributed by atoms with E-state index in [-0.39, 0.29) is 40.1 Å². The maximum atomic E-state index is 12.4. The van der Waals surface area contributed by atoms with Crippen LogP contribution in [0.2, 0.25) is 5.02 Å². The molecule has 0 bridgehead atoms. The lowest BCUT2D eigenvalue weighted by atomic mass is 10.1. The smallest absolute Gasteiger partial charge is 0.275 e. The lowest BCUT2D eigenvalue weighted by Crippen LogP contribution is -2.40. The third kappa shape index (κ3) is 5.89. The van der Waals surface area contributed by atoms with Gasteiger partial charge in [0.15, 0.2) is 0 Å². The van der Waals surface area contributed by atoms with Gasteiger partial charge in [0.25, 0.3) is 5.69 Å². The fourth-order valence-corrected chi connectivity index (χ4v) is 3.56. The molecule has 1 aromatic rings. The van der Waals surface area contributed by atoms with Crippen LogP contribution >= 0.6 is 24.0 Å². The van der Waals surface area contributed by atoms with Crippen LogP contribution in [0.1, 0.15) is 31.7 Å². The van der Waals surface area contributed by atoms with E-state index in [1.54, 1.807) is 0 Å². The Hall–Kier alpha value is -0.930. The normalized spacial score (nSPS) is 12.5. The standard InChI is InChI=1S/C13H20ClN3O4S.ClH/c1-3-4-5-10(8-15)16-22(20,21)11-6-12(14)9(2)13(7-11)17(18)19;/h6-7,10,16H,3-5,8,15H2,1-2H3;1H. The summed E-state index contributed by atoms with van der Waals surface area (Å²) in [7, 11) is -3.92. The second kappa shape index (κ2) is 9.39. The highest BCUT2D eigenvalue weighted by Crippen LogP contribution is 2.29. The topological polar surface area (TPSA) is 115 Å². The van der Waals surface area contributed by atoms with Crippen molar-refractivity contribution in [3.63, 3.8) is 0 Å². The van der Waals surface area contributed by atoms with Crippen LogP contribution in [-0.4, -0.2) is 25.9 Å². The summed E-state index contributed by atoms with van der Waals surface area (Å²) in [6.07, 6.45) is 2.35. The van der Waals surface area contributed by atoms with Gasteiger partial charge in [-0.2, -0.15) is 0 Å². The molecule has 1 aromatic carbocycles. The molecule has 0 aromatic heterocycles. The van der Waals surface area contributed by atoms with Crippen molar-refractivity contribution in [1.82, 2.24) is 4.72 Å². The van der Waals surface area contributed by atoms with E-state index < -0.39 is 21.0 Å². The third-order valence-corrected chi connectivity index (χ3v) is 5.20. The predicted molar refractivity (Wildman–Crippen MR) is 92.8 cm³/mol. The van der Waals surface area contributed by atoms with Crippen LogP contribution in [-0.2, 0) is 10.0 Å². The number of hydrogen-bond donors (Lipinski definition) is 2. The number of unbranched alkanes of at least 4 members (excludes halogenated alkanes) is 1. The van der Waals surface area contributed by atoms with Crippen LogP contribution in [0.25, 0.3) is 0 Å². The molecule has 23 heavy (non-hydrogen) atoms. The monoisotopic (exact) mass is 385 g/mol. The maximum Gasteiger partial charge on any atom is 0.275 e. The highest BCUT2D eigenvalue weighted by molar-refractivity contribution is 7.89. The first-order valence-corrected chi connectivity index (χ1v) is 8.76. The van der Waals surface area contributed by atoms with Crippen molar-refractivity contribution in [3.8, 4) is 0 Å². The van der Waals surface area contributed by atoms with Gasteiger partial charge in [0, 0.05) is 24.2 Å². The van der Waals surface area contributed by atoms with Crippen molar-refractivity contribution >= 4 is 39.7 Å². The second-order valence-corrected chi connectivity index (χ2v) is 7.12. The zero-order valence-corrected chi connectivity index (χ0v) is 15.3. The molecule has 0 fully saturated rings. The van der Waals surface area contributed by atoms with Crippen LogP contribution < -0.4 is 10.5 Å². The fourth-order valence-electron chi connectivity index (χ4n) is 1.95. The summed E-state index contributed by atoms with van der Waals surface area (Å²) in [6, 6.07) is 1.81. The third-order valence-electron chi connectivity index (χ3n) is 3.31. The summed E-state index contributed by atoms with van der Waals surface area (Å²) in [5, 5.41) is 11.0. The Kier molecular flexibility index (Phi) is 9.01. The molecule has 10 heteroatoms. The second-order valence-electron chi connectivity index (χ2n) is 5.00. The molecule has 1 unspecified atom stereocenters. The first-order valence-electron chi connectivity index (χ1n) is 6.89. The number of nitrogens with zero attached hydrogens (tertiary/aromatic N) is 1. The predicted octanol–water partition coefficient (Wildman–Crippen LogP) is 2.77. The summed E-state index contributed by atoms with van der Waals surface area (Å²) < 4.78 is 27.2. The first kappa shape index (κ1) is 22.1. The first-order chi connectivity index (χ1) is 10.2. The van der Waals surface area contributed by atoms with E-state index in [1.807, 2.05) is 6.92 Å². The van der Waals surface area contributed by atoms with Gasteiger partial charge in [-0.3, -0.25) is 10.1 Å². The number of nitrogens with one attached hydrogen (secondary N) is 1. The molecule has 7 nitrogen and oxygen atoms in total. The molecule has 0 saturated carbocycles. The summed E-state index contributed by atoms with van der Waals surface area (Å²) in [5.41, 5.74) is 5.47. The van der Waals surface area contributed by atoms with Crippen molar-refractivity contribution in [2.75, 3.05) is 6.54 Å². The highest BCUT2D eigenvalue weighted by Gasteiger charge is 2.24. The summed E-state index contributed by atoms with van der Waals surface area (Å²) in [6.45, 7) is 3.61. The molecule has 0 aliphatic carbocycles. The number of benzene rings is 1. The molecule has 132 valence electrons. The average molecular weight is 386 g/mol. The number of sulfonamides is 1. The van der Waals surface area contributed by atoms with E-state index in [4.69, 9.17) is 17.3 Å². The molecule has 0 radical (unpaired) electrons. The van der Waals surface area contributed by atoms with Gasteiger partial charge in [-0.25, -0.2) is 13.1 Å². The van der Waals surface area contributed by atoms with Crippen molar-refractivity contribution in [1.29, 1.82) is 0 Å². The van der Waals surface area contributed by atoms with Gasteiger partial charge in [-0.1, -0.05) is 31.4 Å². The van der Waals surface area contributed by atoms with E-state index in [2.05, 4.69) is 4.72 Å². The number of hydrogen-bond acceptors (Lipinski definition) is 5. The van der Waals surface area contributed by atoms with E-state index >= 15 is 0 Å². The van der Waals surface area contributed by atoms with Gasteiger partial charge in [0.05, 0.1) is 14.8 Å². The number of nitrogens with two attached hydrogens (primary N) is 1. The molecule has 0 heterocycles. The Balaban J connectivity index is 0.00000484. The molecular formula is C13H21Cl2N3O4S. The van der Waals surface area contributed by atoms with Crippen LogP contribution in [0.4, 0.5) is 5.69 Å². The Morgan fingerprint density at radius 3 is 2.52 bits per heavy atom. The molecule has 1 atom stereocenters.